The van der Waals surface area contributed by atoms with Gasteiger partial charge in [0.2, 0.25) is 0 Å². The molecule has 1 aromatic heterocycles. The Kier molecular flexibility index (Phi) is 2.88. The molecule has 0 aliphatic heterocycles. The van der Waals surface area contributed by atoms with Crippen LogP contribution in [-0.2, 0) is 6.54 Å². The Labute approximate surface area is 102 Å². The lowest BCUT2D eigenvalue weighted by Crippen LogP contribution is -2.17. The first-order chi connectivity index (χ1) is 8.43. The monoisotopic (exact) mass is 224 g/mol. The molecule has 0 bridgehead atoms. The summed E-state index contributed by atoms with van der Waals surface area (Å²) in [4.78, 5) is 4.02. The fraction of sp³-hybridized carbons (Fsp3) is 0.267. The highest BCUT2D eigenvalue weighted by molar-refractivity contribution is 5.27. The molecule has 17 heavy (non-hydrogen) atoms. The second kappa shape index (κ2) is 4.68. The Morgan fingerprint density at radius 3 is 2.59 bits per heavy atom. The largest absolute Gasteiger partial charge is 0.309 e. The molecule has 86 valence electrons. The van der Waals surface area contributed by atoms with Gasteiger partial charge in [-0.05, 0) is 29.7 Å². The van der Waals surface area contributed by atoms with Crippen molar-refractivity contribution in [3.63, 3.8) is 0 Å². The maximum Gasteiger partial charge on any atom is 0.0271 e. The minimum atomic E-state index is 0.644. The number of nitrogens with one attached hydrogen (secondary N) is 1. The van der Waals surface area contributed by atoms with Gasteiger partial charge >= 0.3 is 0 Å². The average Bonchev–Trinajstić information content (AvgIpc) is 3.18. The summed E-state index contributed by atoms with van der Waals surface area (Å²) in [7, 11) is 0. The second-order valence-corrected chi connectivity index (χ2v) is 4.60. The normalized spacial score (nSPS) is 22.4. The van der Waals surface area contributed by atoms with Crippen LogP contribution in [0.1, 0.15) is 23.5 Å². The molecular formula is C15H16N2. The second-order valence-electron chi connectivity index (χ2n) is 4.60. The van der Waals surface area contributed by atoms with Crippen LogP contribution in [0.3, 0.4) is 0 Å². The van der Waals surface area contributed by atoms with E-state index in [0.29, 0.717) is 12.0 Å². The van der Waals surface area contributed by atoms with Gasteiger partial charge in [-0.3, -0.25) is 4.98 Å². The van der Waals surface area contributed by atoms with Crippen molar-refractivity contribution in [3.05, 3.63) is 66.0 Å². The van der Waals surface area contributed by atoms with Crippen molar-refractivity contribution in [3.8, 4) is 0 Å². The Bertz CT molecular complexity index is 467. The molecule has 0 amide bonds. The van der Waals surface area contributed by atoms with Crippen molar-refractivity contribution in [2.75, 3.05) is 0 Å². The van der Waals surface area contributed by atoms with Crippen LogP contribution in [0.25, 0.3) is 0 Å². The molecule has 1 N–H and O–H groups in total. The predicted octanol–water partition coefficient (Wildman–Crippen LogP) is 2.73. The van der Waals surface area contributed by atoms with E-state index in [2.05, 4.69) is 52.8 Å². The Hall–Kier alpha value is -1.67. The number of hydrogen-bond acceptors (Lipinski definition) is 2. The van der Waals surface area contributed by atoms with Crippen molar-refractivity contribution < 1.29 is 0 Å². The third-order valence-corrected chi connectivity index (χ3v) is 3.34. The third-order valence-electron chi connectivity index (χ3n) is 3.34. The lowest BCUT2D eigenvalue weighted by Gasteiger charge is -2.04. The van der Waals surface area contributed by atoms with Gasteiger partial charge in [0.25, 0.3) is 0 Å². The topological polar surface area (TPSA) is 24.9 Å². The molecule has 1 saturated carbocycles. The molecule has 0 unspecified atom stereocenters. The summed E-state index contributed by atoms with van der Waals surface area (Å²) in [5, 5.41) is 3.59. The van der Waals surface area contributed by atoms with E-state index in [9.17, 15) is 0 Å². The number of hydrogen-bond donors (Lipinski definition) is 1. The first-order valence-corrected chi connectivity index (χ1v) is 6.11. The smallest absolute Gasteiger partial charge is 0.0271 e. The van der Waals surface area contributed by atoms with Crippen LogP contribution in [0.4, 0.5) is 0 Å². The number of rotatable bonds is 4. The highest BCUT2D eigenvalue weighted by Gasteiger charge is 2.37. The number of aromatic nitrogens is 1. The molecule has 0 spiro atoms. The van der Waals surface area contributed by atoms with Gasteiger partial charge < -0.3 is 5.32 Å². The quantitative estimate of drug-likeness (QED) is 0.863. The molecule has 2 nitrogen and oxygen atoms in total. The van der Waals surface area contributed by atoms with Crippen molar-refractivity contribution in [1.82, 2.24) is 10.3 Å². The standard InChI is InChI=1S/C15H16N2/c1-2-4-13(5-3-1)14-10-15(14)17-11-12-6-8-16-9-7-12/h1-9,14-15,17H,10-11H2/t14-,15+/m0/s1. The van der Waals surface area contributed by atoms with Crippen molar-refractivity contribution >= 4 is 0 Å². The van der Waals surface area contributed by atoms with Gasteiger partial charge in [-0.25, -0.2) is 0 Å². The van der Waals surface area contributed by atoms with Crippen molar-refractivity contribution in [2.45, 2.75) is 24.9 Å². The molecule has 3 rings (SSSR count). The molecule has 1 aliphatic rings. The van der Waals surface area contributed by atoms with Gasteiger partial charge in [-0.1, -0.05) is 30.3 Å². The summed E-state index contributed by atoms with van der Waals surface area (Å²) in [5.41, 5.74) is 2.76. The van der Waals surface area contributed by atoms with Crippen LogP contribution in [0.5, 0.6) is 0 Å². The van der Waals surface area contributed by atoms with Crippen LogP contribution in [0, 0.1) is 0 Å². The summed E-state index contributed by atoms with van der Waals surface area (Å²) >= 11 is 0. The summed E-state index contributed by atoms with van der Waals surface area (Å²) in [6.07, 6.45) is 4.95. The van der Waals surface area contributed by atoms with E-state index < -0.39 is 0 Å². The summed E-state index contributed by atoms with van der Waals surface area (Å²) in [5.74, 6) is 0.707. The van der Waals surface area contributed by atoms with Crippen molar-refractivity contribution in [2.24, 2.45) is 0 Å². The van der Waals surface area contributed by atoms with Gasteiger partial charge in [-0.2, -0.15) is 0 Å². The first kappa shape index (κ1) is 10.5. The van der Waals surface area contributed by atoms with E-state index in [1.807, 2.05) is 12.4 Å². The molecule has 1 aromatic carbocycles. The predicted molar refractivity (Wildman–Crippen MR) is 68.7 cm³/mol. The molecule has 1 aliphatic carbocycles. The maximum atomic E-state index is 4.02. The Morgan fingerprint density at radius 2 is 1.82 bits per heavy atom. The van der Waals surface area contributed by atoms with Gasteiger partial charge in [0.15, 0.2) is 0 Å². The molecule has 2 atom stereocenters. The first-order valence-electron chi connectivity index (χ1n) is 6.11. The highest BCUT2D eigenvalue weighted by atomic mass is 15.0. The molecule has 1 fully saturated rings. The van der Waals surface area contributed by atoms with Crippen LogP contribution >= 0.6 is 0 Å². The van der Waals surface area contributed by atoms with E-state index in [1.165, 1.54) is 17.5 Å². The zero-order valence-electron chi connectivity index (χ0n) is 9.71. The van der Waals surface area contributed by atoms with Gasteiger partial charge in [0.1, 0.15) is 0 Å². The Balaban J connectivity index is 1.53. The minimum Gasteiger partial charge on any atom is -0.309 e. The highest BCUT2D eigenvalue weighted by Crippen LogP contribution is 2.40. The van der Waals surface area contributed by atoms with E-state index >= 15 is 0 Å². The SMILES string of the molecule is c1ccc([C@@H]2C[C@H]2NCc2ccncc2)cc1. The zero-order valence-corrected chi connectivity index (χ0v) is 9.71. The van der Waals surface area contributed by atoms with Gasteiger partial charge in [-0.15, -0.1) is 0 Å². The number of benzene rings is 1. The van der Waals surface area contributed by atoms with Gasteiger partial charge in [0.05, 0.1) is 0 Å². The molecule has 2 aromatic rings. The van der Waals surface area contributed by atoms with Gasteiger partial charge in [0, 0.05) is 30.9 Å². The minimum absolute atomic E-state index is 0.644. The van der Waals surface area contributed by atoms with E-state index in [-0.39, 0.29) is 0 Å². The molecular weight excluding hydrogens is 208 g/mol. The van der Waals surface area contributed by atoms with Crippen LogP contribution in [0.2, 0.25) is 0 Å². The lowest BCUT2D eigenvalue weighted by atomic mass is 10.1. The molecule has 0 saturated heterocycles. The number of pyridine rings is 1. The zero-order chi connectivity index (χ0) is 11.5. The molecule has 0 radical (unpaired) electrons. The molecule has 2 heteroatoms. The third kappa shape index (κ3) is 2.53. The van der Waals surface area contributed by atoms with E-state index in [0.717, 1.165) is 6.54 Å². The fourth-order valence-electron chi connectivity index (χ4n) is 2.24. The van der Waals surface area contributed by atoms with E-state index in [1.54, 1.807) is 0 Å². The fourth-order valence-corrected chi connectivity index (χ4v) is 2.24. The van der Waals surface area contributed by atoms with Crippen LogP contribution < -0.4 is 5.32 Å². The summed E-state index contributed by atoms with van der Waals surface area (Å²) in [6.45, 7) is 0.941. The lowest BCUT2D eigenvalue weighted by molar-refractivity contribution is 0.672. The average molecular weight is 224 g/mol. The Morgan fingerprint density at radius 1 is 1.06 bits per heavy atom. The summed E-state index contributed by atoms with van der Waals surface area (Å²) < 4.78 is 0. The van der Waals surface area contributed by atoms with E-state index in [4.69, 9.17) is 0 Å². The maximum absolute atomic E-state index is 4.02. The van der Waals surface area contributed by atoms with Crippen LogP contribution in [0.15, 0.2) is 54.9 Å². The summed E-state index contributed by atoms with van der Waals surface area (Å²) in [6, 6.07) is 15.5. The number of nitrogens with zero attached hydrogens (tertiary/aromatic N) is 1. The van der Waals surface area contributed by atoms with Crippen molar-refractivity contribution in [1.29, 1.82) is 0 Å². The molecule has 1 heterocycles. The van der Waals surface area contributed by atoms with Crippen LogP contribution in [-0.4, -0.2) is 11.0 Å².